The molecule has 0 radical (unpaired) electrons. The molecular weight excluding hydrogens is 278 g/mol. The molecule has 2 rings (SSSR count). The molecule has 1 aliphatic heterocycles. The van der Waals surface area contributed by atoms with Crippen molar-refractivity contribution in [2.24, 2.45) is 13.0 Å². The van der Waals surface area contributed by atoms with Crippen molar-refractivity contribution in [3.05, 3.63) is 18.0 Å². The molecule has 124 valence electrons. The van der Waals surface area contributed by atoms with Gasteiger partial charge in [-0.2, -0.15) is 5.10 Å². The molecule has 1 fully saturated rings. The van der Waals surface area contributed by atoms with Crippen molar-refractivity contribution in [3.63, 3.8) is 0 Å². The van der Waals surface area contributed by atoms with Crippen LogP contribution in [0.5, 0.6) is 0 Å². The van der Waals surface area contributed by atoms with Crippen LogP contribution < -0.4 is 10.6 Å². The monoisotopic (exact) mass is 307 g/mol. The lowest BCUT2D eigenvalue weighted by Crippen LogP contribution is -2.39. The van der Waals surface area contributed by atoms with Crippen LogP contribution in [0.1, 0.15) is 31.7 Å². The molecule has 2 N–H and O–H groups in total. The van der Waals surface area contributed by atoms with Crippen LogP contribution in [-0.2, 0) is 11.8 Å². The van der Waals surface area contributed by atoms with E-state index in [9.17, 15) is 4.79 Å². The van der Waals surface area contributed by atoms with Crippen molar-refractivity contribution in [1.82, 2.24) is 25.3 Å². The highest BCUT2D eigenvalue weighted by atomic mass is 16.1. The van der Waals surface area contributed by atoms with Gasteiger partial charge in [-0.1, -0.05) is 13.8 Å². The first kappa shape index (κ1) is 17.0. The molecule has 0 unspecified atom stereocenters. The molecule has 0 aromatic carbocycles. The van der Waals surface area contributed by atoms with Gasteiger partial charge in [0.15, 0.2) is 0 Å². The molecule has 1 amide bonds. The fourth-order valence-electron chi connectivity index (χ4n) is 3.15. The summed E-state index contributed by atoms with van der Waals surface area (Å²) in [6.07, 6.45) is 5.04. The number of amides is 1. The molecule has 1 aromatic heterocycles. The highest BCUT2D eigenvalue weighted by molar-refractivity contribution is 5.80. The van der Waals surface area contributed by atoms with Crippen LogP contribution in [0, 0.1) is 5.92 Å². The average Bonchev–Trinajstić information content (AvgIpc) is 3.14. The maximum atomic E-state index is 12.5. The van der Waals surface area contributed by atoms with Crippen LogP contribution in [0.2, 0.25) is 0 Å². The van der Waals surface area contributed by atoms with E-state index in [0.29, 0.717) is 0 Å². The second-order valence-electron chi connectivity index (χ2n) is 6.04. The normalized spacial score (nSPS) is 21.5. The van der Waals surface area contributed by atoms with Gasteiger partial charge in [0.05, 0.1) is 12.1 Å². The Bertz CT molecular complexity index is 473. The van der Waals surface area contributed by atoms with Gasteiger partial charge in [-0.25, -0.2) is 0 Å². The standard InChI is InChI=1S/C16H29N5O/c1-4-7-21(5-2)8-6-18-16(22)15-11-17-10-14(15)13-9-19-20(3)12-13/h9,12,14-15,17H,4-8,10-11H2,1-3H3,(H,18,22)/t14-,15+/m1/s1. The van der Waals surface area contributed by atoms with Gasteiger partial charge in [0, 0.05) is 45.3 Å². The van der Waals surface area contributed by atoms with Crippen LogP contribution in [0.15, 0.2) is 12.4 Å². The first-order valence-electron chi connectivity index (χ1n) is 8.35. The number of nitrogens with zero attached hydrogens (tertiary/aromatic N) is 3. The zero-order valence-corrected chi connectivity index (χ0v) is 14.0. The summed E-state index contributed by atoms with van der Waals surface area (Å²) >= 11 is 0. The minimum Gasteiger partial charge on any atom is -0.355 e. The Hall–Kier alpha value is -1.40. The van der Waals surface area contributed by atoms with Crippen molar-refractivity contribution in [2.45, 2.75) is 26.2 Å². The van der Waals surface area contributed by atoms with Crippen molar-refractivity contribution in [1.29, 1.82) is 0 Å². The molecule has 6 nitrogen and oxygen atoms in total. The first-order chi connectivity index (χ1) is 10.7. The number of carbonyl (C=O) groups is 1. The second kappa shape index (κ2) is 8.29. The van der Waals surface area contributed by atoms with Gasteiger partial charge < -0.3 is 15.5 Å². The molecule has 1 aromatic rings. The maximum Gasteiger partial charge on any atom is 0.225 e. The van der Waals surface area contributed by atoms with E-state index in [1.54, 1.807) is 4.68 Å². The minimum absolute atomic E-state index is 0.00505. The van der Waals surface area contributed by atoms with E-state index in [-0.39, 0.29) is 17.7 Å². The second-order valence-corrected chi connectivity index (χ2v) is 6.04. The van der Waals surface area contributed by atoms with Crippen LogP contribution in [-0.4, -0.2) is 59.9 Å². The topological polar surface area (TPSA) is 62.2 Å². The van der Waals surface area contributed by atoms with Gasteiger partial charge in [0.2, 0.25) is 5.91 Å². The predicted molar refractivity (Wildman–Crippen MR) is 87.7 cm³/mol. The van der Waals surface area contributed by atoms with Gasteiger partial charge in [-0.05, 0) is 25.1 Å². The summed E-state index contributed by atoms with van der Waals surface area (Å²) in [7, 11) is 1.91. The Balaban J connectivity index is 1.83. The van der Waals surface area contributed by atoms with Gasteiger partial charge in [-0.15, -0.1) is 0 Å². The molecule has 22 heavy (non-hydrogen) atoms. The van der Waals surface area contributed by atoms with Crippen LogP contribution in [0.3, 0.4) is 0 Å². The maximum absolute atomic E-state index is 12.5. The zero-order chi connectivity index (χ0) is 15.9. The van der Waals surface area contributed by atoms with Gasteiger partial charge >= 0.3 is 0 Å². The van der Waals surface area contributed by atoms with Crippen molar-refractivity contribution >= 4 is 5.91 Å². The molecule has 0 spiro atoms. The van der Waals surface area contributed by atoms with Gasteiger partial charge in [0.1, 0.15) is 0 Å². The van der Waals surface area contributed by atoms with E-state index >= 15 is 0 Å². The number of hydrogen-bond acceptors (Lipinski definition) is 4. The van der Waals surface area contributed by atoms with Crippen LogP contribution in [0.25, 0.3) is 0 Å². The van der Waals surface area contributed by atoms with E-state index in [4.69, 9.17) is 0 Å². The number of aryl methyl sites for hydroxylation is 1. The van der Waals surface area contributed by atoms with Crippen molar-refractivity contribution in [3.8, 4) is 0 Å². The SMILES string of the molecule is CCCN(CC)CCNC(=O)[C@H]1CNC[C@@H]1c1cnn(C)c1. The van der Waals surface area contributed by atoms with Crippen LogP contribution >= 0.6 is 0 Å². The minimum atomic E-state index is 0.00505. The lowest BCUT2D eigenvalue weighted by molar-refractivity contribution is -0.124. The Labute approximate surface area is 133 Å². The Kier molecular flexibility index (Phi) is 6.39. The summed E-state index contributed by atoms with van der Waals surface area (Å²) in [5.41, 5.74) is 1.15. The lowest BCUT2D eigenvalue weighted by atomic mass is 9.90. The first-order valence-corrected chi connectivity index (χ1v) is 8.35. The quantitative estimate of drug-likeness (QED) is 0.737. The Morgan fingerprint density at radius 2 is 2.27 bits per heavy atom. The number of likely N-dealkylation sites (N-methyl/N-ethyl adjacent to an activating group) is 1. The molecule has 2 atom stereocenters. The molecule has 0 saturated carbocycles. The lowest BCUT2D eigenvalue weighted by Gasteiger charge is -2.21. The summed E-state index contributed by atoms with van der Waals surface area (Å²) in [4.78, 5) is 14.8. The highest BCUT2D eigenvalue weighted by Gasteiger charge is 2.34. The molecule has 2 heterocycles. The largest absolute Gasteiger partial charge is 0.355 e. The smallest absolute Gasteiger partial charge is 0.225 e. The zero-order valence-electron chi connectivity index (χ0n) is 14.0. The number of nitrogens with one attached hydrogen (secondary N) is 2. The Morgan fingerprint density at radius 3 is 2.91 bits per heavy atom. The number of rotatable bonds is 8. The predicted octanol–water partition coefficient (Wildman–Crippen LogP) is 0.571. The molecule has 6 heteroatoms. The van der Waals surface area contributed by atoms with Gasteiger partial charge in [-0.3, -0.25) is 9.48 Å². The molecule has 0 bridgehead atoms. The summed E-state index contributed by atoms with van der Waals surface area (Å²) in [5, 5.41) is 10.7. The summed E-state index contributed by atoms with van der Waals surface area (Å²) in [5.74, 6) is 0.392. The summed E-state index contributed by atoms with van der Waals surface area (Å²) in [6, 6.07) is 0. The van der Waals surface area contributed by atoms with Crippen LogP contribution in [0.4, 0.5) is 0 Å². The molecular formula is C16H29N5O. The Morgan fingerprint density at radius 1 is 1.45 bits per heavy atom. The third kappa shape index (κ3) is 4.30. The fourth-order valence-corrected chi connectivity index (χ4v) is 3.15. The molecule has 1 aliphatic rings. The number of hydrogen-bond donors (Lipinski definition) is 2. The third-order valence-corrected chi connectivity index (χ3v) is 4.42. The van der Waals surface area contributed by atoms with Crippen molar-refractivity contribution < 1.29 is 4.79 Å². The summed E-state index contributed by atoms with van der Waals surface area (Å²) in [6.45, 7) is 9.72. The number of aromatic nitrogens is 2. The van der Waals surface area contributed by atoms with E-state index in [1.165, 1.54) is 0 Å². The molecule has 0 aliphatic carbocycles. The summed E-state index contributed by atoms with van der Waals surface area (Å²) < 4.78 is 1.80. The van der Waals surface area contributed by atoms with E-state index < -0.39 is 0 Å². The fraction of sp³-hybridized carbons (Fsp3) is 0.750. The molecule has 1 saturated heterocycles. The van der Waals surface area contributed by atoms with Crippen molar-refractivity contribution in [2.75, 3.05) is 39.3 Å². The third-order valence-electron chi connectivity index (χ3n) is 4.42. The van der Waals surface area contributed by atoms with E-state index in [0.717, 1.165) is 51.3 Å². The van der Waals surface area contributed by atoms with Gasteiger partial charge in [0.25, 0.3) is 0 Å². The van der Waals surface area contributed by atoms with E-state index in [2.05, 4.69) is 34.5 Å². The number of carbonyl (C=O) groups excluding carboxylic acids is 1. The average molecular weight is 307 g/mol. The highest BCUT2D eigenvalue weighted by Crippen LogP contribution is 2.27. The van der Waals surface area contributed by atoms with E-state index in [1.807, 2.05) is 19.4 Å².